The zero-order valence-electron chi connectivity index (χ0n) is 14.3. The van der Waals surface area contributed by atoms with E-state index in [1.807, 2.05) is 13.1 Å². The van der Waals surface area contributed by atoms with Crippen LogP contribution in [0.2, 0.25) is 10.0 Å². The molecule has 0 radical (unpaired) electrons. The lowest BCUT2D eigenvalue weighted by atomic mass is 10.3. The molecule has 0 fully saturated rings. The van der Waals surface area contributed by atoms with Crippen molar-refractivity contribution in [2.24, 2.45) is 7.05 Å². The highest BCUT2D eigenvalue weighted by molar-refractivity contribution is 6.35. The fraction of sp³-hybridized carbons (Fsp3) is 0.235. The third-order valence-corrected chi connectivity index (χ3v) is 4.30. The topological polar surface area (TPSA) is 65.2 Å². The Kier molecular flexibility index (Phi) is 5.49. The number of benzene rings is 1. The fourth-order valence-corrected chi connectivity index (χ4v) is 2.81. The van der Waals surface area contributed by atoms with Crippen molar-refractivity contribution in [1.29, 1.82) is 0 Å². The van der Waals surface area contributed by atoms with Crippen molar-refractivity contribution in [3.8, 4) is 5.75 Å². The Morgan fingerprint density at radius 3 is 2.77 bits per heavy atom. The quantitative estimate of drug-likeness (QED) is 0.644. The molecule has 3 rings (SSSR count). The van der Waals surface area contributed by atoms with Gasteiger partial charge in [0, 0.05) is 31.5 Å². The first-order valence-corrected chi connectivity index (χ1v) is 8.53. The Balaban J connectivity index is 1.61. The number of halogens is 2. The van der Waals surface area contributed by atoms with Crippen LogP contribution in [0.1, 0.15) is 16.2 Å². The van der Waals surface area contributed by atoms with E-state index in [0.29, 0.717) is 28.0 Å². The number of carbonyl (C=O) groups is 1. The number of aromatic nitrogens is 4. The molecule has 0 atom stereocenters. The lowest BCUT2D eigenvalue weighted by Crippen LogP contribution is -2.27. The minimum absolute atomic E-state index is 0.125. The standard InChI is InChI=1S/C17H17Cl2N5O2/c1-22(10-13-5-7-20-23(13)2)17(25)15-6-8-24(21-15)11-26-16-4-3-12(18)9-14(16)19/h3-9H,10-11H2,1-2H3. The van der Waals surface area contributed by atoms with Crippen molar-refractivity contribution in [2.75, 3.05) is 7.05 Å². The van der Waals surface area contributed by atoms with E-state index >= 15 is 0 Å². The summed E-state index contributed by atoms with van der Waals surface area (Å²) >= 11 is 11.9. The van der Waals surface area contributed by atoms with E-state index in [1.165, 1.54) is 4.68 Å². The number of hydrogen-bond acceptors (Lipinski definition) is 4. The molecule has 0 spiro atoms. The molecule has 0 bridgehead atoms. The van der Waals surface area contributed by atoms with Gasteiger partial charge in [-0.3, -0.25) is 9.48 Å². The number of rotatable bonds is 6. The third kappa shape index (κ3) is 4.17. The predicted octanol–water partition coefficient (Wildman–Crippen LogP) is 3.23. The SMILES string of the molecule is CN(Cc1ccnn1C)C(=O)c1ccn(COc2ccc(Cl)cc2Cl)n1. The van der Waals surface area contributed by atoms with Crippen molar-refractivity contribution >= 4 is 29.1 Å². The summed E-state index contributed by atoms with van der Waals surface area (Å²) in [6, 6.07) is 8.49. The van der Waals surface area contributed by atoms with Crippen LogP contribution in [0.5, 0.6) is 5.75 Å². The van der Waals surface area contributed by atoms with E-state index in [-0.39, 0.29) is 12.6 Å². The Hall–Kier alpha value is -2.51. The number of aryl methyl sites for hydroxylation is 1. The molecule has 0 N–H and O–H groups in total. The van der Waals surface area contributed by atoms with Crippen LogP contribution in [0, 0.1) is 0 Å². The zero-order valence-corrected chi connectivity index (χ0v) is 15.8. The summed E-state index contributed by atoms with van der Waals surface area (Å²) in [7, 11) is 3.56. The van der Waals surface area contributed by atoms with Gasteiger partial charge >= 0.3 is 0 Å². The molecule has 26 heavy (non-hydrogen) atoms. The minimum Gasteiger partial charge on any atom is -0.470 e. The smallest absolute Gasteiger partial charge is 0.274 e. The number of carbonyl (C=O) groups excluding carboxylic acids is 1. The zero-order chi connectivity index (χ0) is 18.7. The van der Waals surface area contributed by atoms with Crippen LogP contribution in [0.4, 0.5) is 0 Å². The predicted molar refractivity (Wildman–Crippen MR) is 98.3 cm³/mol. The fourth-order valence-electron chi connectivity index (χ4n) is 2.34. The summed E-state index contributed by atoms with van der Waals surface area (Å²) < 4.78 is 8.86. The second-order valence-electron chi connectivity index (χ2n) is 5.70. The molecule has 2 heterocycles. The Bertz CT molecular complexity index is 922. The average molecular weight is 394 g/mol. The molecule has 9 heteroatoms. The van der Waals surface area contributed by atoms with Crippen molar-refractivity contribution in [1.82, 2.24) is 24.5 Å². The molecule has 0 aliphatic carbocycles. The van der Waals surface area contributed by atoms with E-state index < -0.39 is 0 Å². The van der Waals surface area contributed by atoms with Crippen LogP contribution in [-0.4, -0.2) is 37.4 Å². The van der Waals surface area contributed by atoms with Crippen LogP contribution >= 0.6 is 23.2 Å². The van der Waals surface area contributed by atoms with Gasteiger partial charge in [0.25, 0.3) is 5.91 Å². The molecule has 0 aliphatic rings. The second kappa shape index (κ2) is 7.80. The average Bonchev–Trinajstić information content (AvgIpc) is 3.23. The van der Waals surface area contributed by atoms with Gasteiger partial charge in [-0.05, 0) is 30.3 Å². The van der Waals surface area contributed by atoms with Crippen molar-refractivity contribution < 1.29 is 9.53 Å². The van der Waals surface area contributed by atoms with Crippen molar-refractivity contribution in [3.63, 3.8) is 0 Å². The monoisotopic (exact) mass is 393 g/mol. The third-order valence-electron chi connectivity index (χ3n) is 3.77. The van der Waals surface area contributed by atoms with Crippen molar-refractivity contribution in [2.45, 2.75) is 13.3 Å². The first-order valence-electron chi connectivity index (χ1n) is 7.77. The summed E-state index contributed by atoms with van der Waals surface area (Å²) in [4.78, 5) is 14.1. The van der Waals surface area contributed by atoms with E-state index in [0.717, 1.165) is 5.69 Å². The maximum Gasteiger partial charge on any atom is 0.274 e. The summed E-state index contributed by atoms with van der Waals surface area (Å²) in [6.07, 6.45) is 3.37. The van der Waals surface area contributed by atoms with Gasteiger partial charge in [-0.15, -0.1) is 0 Å². The summed E-state index contributed by atoms with van der Waals surface area (Å²) in [6.45, 7) is 0.569. The van der Waals surface area contributed by atoms with Crippen LogP contribution in [0.15, 0.2) is 42.7 Å². The Morgan fingerprint density at radius 1 is 1.27 bits per heavy atom. The van der Waals surface area contributed by atoms with E-state index in [9.17, 15) is 4.79 Å². The van der Waals surface area contributed by atoms with E-state index in [2.05, 4.69) is 10.2 Å². The van der Waals surface area contributed by atoms with Gasteiger partial charge in [0.15, 0.2) is 12.4 Å². The first-order chi connectivity index (χ1) is 12.4. The summed E-state index contributed by atoms with van der Waals surface area (Å²) in [5.74, 6) is 0.308. The van der Waals surface area contributed by atoms with Gasteiger partial charge in [-0.1, -0.05) is 23.2 Å². The highest BCUT2D eigenvalue weighted by Gasteiger charge is 2.16. The molecule has 0 saturated carbocycles. The molecule has 3 aromatic rings. The Morgan fingerprint density at radius 2 is 2.08 bits per heavy atom. The van der Waals surface area contributed by atoms with Gasteiger partial charge < -0.3 is 9.64 Å². The van der Waals surface area contributed by atoms with Crippen LogP contribution in [0.3, 0.4) is 0 Å². The number of amides is 1. The molecule has 0 unspecified atom stereocenters. The van der Waals surface area contributed by atoms with Gasteiger partial charge in [0.05, 0.1) is 17.3 Å². The van der Waals surface area contributed by atoms with Crippen LogP contribution < -0.4 is 4.74 Å². The maximum atomic E-state index is 12.5. The normalized spacial score (nSPS) is 10.8. The molecule has 0 saturated heterocycles. The largest absolute Gasteiger partial charge is 0.470 e. The highest BCUT2D eigenvalue weighted by Crippen LogP contribution is 2.27. The van der Waals surface area contributed by atoms with Gasteiger partial charge in [-0.2, -0.15) is 10.2 Å². The molecule has 1 amide bonds. The molecular formula is C17H17Cl2N5O2. The van der Waals surface area contributed by atoms with Gasteiger partial charge in [-0.25, -0.2) is 4.68 Å². The first kappa shape index (κ1) is 18.3. The van der Waals surface area contributed by atoms with Crippen LogP contribution in [-0.2, 0) is 20.3 Å². The molecule has 136 valence electrons. The maximum absolute atomic E-state index is 12.5. The molecule has 7 nitrogen and oxygen atoms in total. The molecule has 1 aromatic carbocycles. The van der Waals surface area contributed by atoms with Crippen molar-refractivity contribution in [3.05, 3.63) is 64.2 Å². The Labute approximate surface area is 160 Å². The number of ether oxygens (including phenoxy) is 1. The van der Waals surface area contributed by atoms with Gasteiger partial charge in [0.2, 0.25) is 0 Å². The van der Waals surface area contributed by atoms with E-state index in [1.54, 1.807) is 53.3 Å². The van der Waals surface area contributed by atoms with Crippen LogP contribution in [0.25, 0.3) is 0 Å². The summed E-state index contributed by atoms with van der Waals surface area (Å²) in [5, 5.41) is 9.30. The number of nitrogens with zero attached hydrogens (tertiary/aromatic N) is 5. The number of hydrogen-bond donors (Lipinski definition) is 0. The molecular weight excluding hydrogens is 377 g/mol. The second-order valence-corrected chi connectivity index (χ2v) is 6.54. The van der Waals surface area contributed by atoms with Gasteiger partial charge in [0.1, 0.15) is 5.75 Å². The summed E-state index contributed by atoms with van der Waals surface area (Å²) in [5.41, 5.74) is 1.27. The highest BCUT2D eigenvalue weighted by atomic mass is 35.5. The molecule has 2 aromatic heterocycles. The minimum atomic E-state index is -0.186. The van der Waals surface area contributed by atoms with E-state index in [4.69, 9.17) is 27.9 Å². The lowest BCUT2D eigenvalue weighted by molar-refractivity contribution is 0.0774. The lowest BCUT2D eigenvalue weighted by Gasteiger charge is -2.15. The molecule has 0 aliphatic heterocycles.